The van der Waals surface area contributed by atoms with Gasteiger partial charge in [0.15, 0.2) is 5.82 Å². The quantitative estimate of drug-likeness (QED) is 0.397. The van der Waals surface area contributed by atoms with Crippen LogP contribution in [0, 0.1) is 6.92 Å². The molecule has 1 aliphatic rings. The Morgan fingerprint density at radius 3 is 2.86 bits per heavy atom. The zero-order chi connectivity index (χ0) is 19.8. The average Bonchev–Trinajstić information content (AvgIpc) is 2.71. The average molecular weight is 386 g/mol. The van der Waals surface area contributed by atoms with Crippen LogP contribution in [-0.4, -0.2) is 61.5 Å². The van der Waals surface area contributed by atoms with Crippen molar-refractivity contribution in [1.29, 1.82) is 0 Å². The number of nitrogen functional groups attached to an aromatic ring is 1. The molecule has 0 unspecified atom stereocenters. The molecular formula is C18H26N8O2. The van der Waals surface area contributed by atoms with E-state index in [-0.39, 0.29) is 12.6 Å². The number of ether oxygens (including phenoxy) is 2. The van der Waals surface area contributed by atoms with Gasteiger partial charge < -0.3 is 25.4 Å². The van der Waals surface area contributed by atoms with E-state index in [0.29, 0.717) is 49.5 Å². The van der Waals surface area contributed by atoms with Crippen molar-refractivity contribution >= 4 is 17.3 Å². The van der Waals surface area contributed by atoms with E-state index >= 15 is 0 Å². The summed E-state index contributed by atoms with van der Waals surface area (Å²) < 4.78 is 11.0. The van der Waals surface area contributed by atoms with E-state index < -0.39 is 0 Å². The second-order valence-corrected chi connectivity index (χ2v) is 6.35. The zero-order valence-corrected chi connectivity index (χ0v) is 16.3. The van der Waals surface area contributed by atoms with Crippen molar-refractivity contribution in [3.63, 3.8) is 0 Å². The molecule has 2 aromatic rings. The Morgan fingerprint density at radius 2 is 2.07 bits per heavy atom. The molecule has 10 nitrogen and oxygen atoms in total. The van der Waals surface area contributed by atoms with Gasteiger partial charge in [-0.05, 0) is 31.7 Å². The van der Waals surface area contributed by atoms with Crippen LogP contribution in [0.1, 0.15) is 11.4 Å². The van der Waals surface area contributed by atoms with Gasteiger partial charge >= 0.3 is 6.01 Å². The fraction of sp³-hybridized carbons (Fsp3) is 0.500. The molecule has 0 radical (unpaired) electrons. The van der Waals surface area contributed by atoms with Crippen molar-refractivity contribution in [2.75, 3.05) is 57.1 Å². The summed E-state index contributed by atoms with van der Waals surface area (Å²) in [5.74, 6) is 1.06. The first-order valence-corrected chi connectivity index (χ1v) is 9.24. The van der Waals surface area contributed by atoms with Crippen molar-refractivity contribution in [3.05, 3.63) is 29.6 Å². The number of likely N-dealkylation sites (N-methyl/N-ethyl adjacent to an activating group) is 1. The first-order valence-electron chi connectivity index (χ1n) is 9.24. The van der Waals surface area contributed by atoms with E-state index in [4.69, 9.17) is 15.2 Å². The number of hydrogen-bond donors (Lipinski definition) is 2. The van der Waals surface area contributed by atoms with Crippen LogP contribution in [0.2, 0.25) is 0 Å². The molecule has 1 aromatic heterocycles. The number of nitrogens with two attached hydrogens (primary N) is 1. The molecule has 150 valence electrons. The number of hydrogen-bond acceptors (Lipinski definition) is 10. The number of benzene rings is 1. The van der Waals surface area contributed by atoms with Crippen molar-refractivity contribution < 1.29 is 9.47 Å². The van der Waals surface area contributed by atoms with E-state index in [9.17, 15) is 0 Å². The second kappa shape index (κ2) is 9.90. The lowest BCUT2D eigenvalue weighted by molar-refractivity contribution is 0.122. The maximum atomic E-state index is 5.94. The molecule has 3 N–H and O–H groups in total. The van der Waals surface area contributed by atoms with Gasteiger partial charge in [0.2, 0.25) is 5.95 Å². The fourth-order valence-electron chi connectivity index (χ4n) is 2.59. The molecule has 3 rings (SSSR count). The lowest BCUT2D eigenvalue weighted by Crippen LogP contribution is -2.37. The van der Waals surface area contributed by atoms with Gasteiger partial charge in [-0.15, -0.1) is 0 Å². The van der Waals surface area contributed by atoms with E-state index in [1.165, 1.54) is 0 Å². The van der Waals surface area contributed by atoms with Gasteiger partial charge in [0.25, 0.3) is 0 Å². The molecule has 0 spiro atoms. The normalized spacial score (nSPS) is 14.6. The summed E-state index contributed by atoms with van der Waals surface area (Å²) in [5, 5.41) is 11.5. The SMILES string of the molecule is CNCCOc1nc(CN=Nc2cc(C)ccc2N)nc(N2CCOCC2)n1. The van der Waals surface area contributed by atoms with Gasteiger partial charge in [0.1, 0.15) is 18.8 Å². The number of aryl methyl sites for hydroxylation is 1. The standard InChI is InChI=1S/C18H26N8O2/c1-13-3-4-14(19)15(11-13)25-21-12-16-22-17(26-6-9-27-10-7-26)24-18(23-16)28-8-5-20-2/h3-4,11,20H,5-10,12,19H2,1-2H3. The van der Waals surface area contributed by atoms with Gasteiger partial charge in [-0.25, -0.2) is 0 Å². The molecular weight excluding hydrogens is 360 g/mol. The minimum atomic E-state index is 0.204. The summed E-state index contributed by atoms with van der Waals surface area (Å²) in [7, 11) is 1.86. The summed E-state index contributed by atoms with van der Waals surface area (Å²) in [6, 6.07) is 5.92. The molecule has 1 aliphatic heterocycles. The molecule has 0 saturated carbocycles. The Bertz CT molecular complexity index is 808. The third-order valence-electron chi connectivity index (χ3n) is 4.10. The lowest BCUT2D eigenvalue weighted by Gasteiger charge is -2.26. The van der Waals surface area contributed by atoms with Gasteiger partial charge in [0, 0.05) is 19.6 Å². The maximum absolute atomic E-state index is 5.94. The molecule has 0 aliphatic carbocycles. The minimum absolute atomic E-state index is 0.204. The van der Waals surface area contributed by atoms with Crippen LogP contribution >= 0.6 is 0 Å². The van der Waals surface area contributed by atoms with Crippen LogP contribution < -0.4 is 20.7 Å². The number of rotatable bonds is 8. The molecule has 0 bridgehead atoms. The molecule has 0 amide bonds. The molecule has 28 heavy (non-hydrogen) atoms. The Hall–Kier alpha value is -2.85. The van der Waals surface area contributed by atoms with Crippen molar-refractivity contribution in [3.8, 4) is 6.01 Å². The van der Waals surface area contributed by atoms with E-state index in [1.54, 1.807) is 0 Å². The molecule has 1 aromatic carbocycles. The van der Waals surface area contributed by atoms with Crippen LogP contribution in [0.15, 0.2) is 28.4 Å². The summed E-state index contributed by atoms with van der Waals surface area (Å²) in [6.07, 6.45) is 0. The van der Waals surface area contributed by atoms with Crippen LogP contribution in [0.5, 0.6) is 6.01 Å². The summed E-state index contributed by atoms with van der Waals surface area (Å²) in [6.45, 7) is 6.07. The van der Waals surface area contributed by atoms with E-state index in [0.717, 1.165) is 18.7 Å². The van der Waals surface area contributed by atoms with Gasteiger partial charge in [-0.3, -0.25) is 0 Å². The van der Waals surface area contributed by atoms with E-state index in [1.807, 2.05) is 32.2 Å². The molecule has 1 fully saturated rings. The highest BCUT2D eigenvalue weighted by Crippen LogP contribution is 2.23. The highest BCUT2D eigenvalue weighted by atomic mass is 16.5. The molecule has 10 heteroatoms. The second-order valence-electron chi connectivity index (χ2n) is 6.35. The minimum Gasteiger partial charge on any atom is -0.462 e. The highest BCUT2D eigenvalue weighted by Gasteiger charge is 2.17. The number of aromatic nitrogens is 3. The summed E-state index contributed by atoms with van der Waals surface area (Å²) >= 11 is 0. The number of nitrogens with zero attached hydrogens (tertiary/aromatic N) is 6. The number of azo groups is 1. The first kappa shape index (κ1) is 19.9. The van der Waals surface area contributed by atoms with Crippen molar-refractivity contribution in [1.82, 2.24) is 20.3 Å². The van der Waals surface area contributed by atoms with Crippen LogP contribution in [0.25, 0.3) is 0 Å². The number of nitrogens with one attached hydrogen (secondary N) is 1. The largest absolute Gasteiger partial charge is 0.462 e. The topological polar surface area (TPSA) is 123 Å². The van der Waals surface area contributed by atoms with Crippen LogP contribution in [-0.2, 0) is 11.3 Å². The third kappa shape index (κ3) is 5.57. The van der Waals surface area contributed by atoms with Gasteiger partial charge in [-0.2, -0.15) is 25.2 Å². The number of morpholine rings is 1. The predicted octanol–water partition coefficient (Wildman–Crippen LogP) is 1.48. The smallest absolute Gasteiger partial charge is 0.321 e. The Morgan fingerprint density at radius 1 is 1.25 bits per heavy atom. The molecule has 0 atom stereocenters. The number of anilines is 2. The lowest BCUT2D eigenvalue weighted by atomic mass is 10.2. The third-order valence-corrected chi connectivity index (χ3v) is 4.10. The predicted molar refractivity (Wildman–Crippen MR) is 106 cm³/mol. The Balaban J connectivity index is 1.76. The Labute approximate surface area is 164 Å². The van der Waals surface area contributed by atoms with Crippen LogP contribution in [0.4, 0.5) is 17.3 Å². The molecule has 2 heterocycles. The van der Waals surface area contributed by atoms with Crippen molar-refractivity contribution in [2.45, 2.75) is 13.5 Å². The summed E-state index contributed by atoms with van der Waals surface area (Å²) in [4.78, 5) is 15.4. The van der Waals surface area contributed by atoms with Gasteiger partial charge in [0.05, 0.1) is 18.9 Å². The highest BCUT2D eigenvalue weighted by molar-refractivity contribution is 5.62. The summed E-state index contributed by atoms with van der Waals surface area (Å²) in [5.41, 5.74) is 8.22. The zero-order valence-electron chi connectivity index (χ0n) is 16.3. The van der Waals surface area contributed by atoms with Gasteiger partial charge in [-0.1, -0.05) is 6.07 Å². The first-order chi connectivity index (χ1) is 13.7. The van der Waals surface area contributed by atoms with E-state index in [2.05, 4.69) is 35.4 Å². The van der Waals surface area contributed by atoms with Crippen molar-refractivity contribution in [2.24, 2.45) is 10.2 Å². The molecule has 1 saturated heterocycles. The fourth-order valence-corrected chi connectivity index (χ4v) is 2.59. The Kier molecular flexibility index (Phi) is 7.04. The van der Waals surface area contributed by atoms with Crippen LogP contribution in [0.3, 0.4) is 0 Å². The maximum Gasteiger partial charge on any atom is 0.321 e. The monoisotopic (exact) mass is 386 g/mol.